The summed E-state index contributed by atoms with van der Waals surface area (Å²) < 4.78 is 28.7. The van der Waals surface area contributed by atoms with Gasteiger partial charge < -0.3 is 4.90 Å². The minimum atomic E-state index is -3.87. The monoisotopic (exact) mass is 458 g/mol. The van der Waals surface area contributed by atoms with E-state index in [0.29, 0.717) is 23.2 Å². The van der Waals surface area contributed by atoms with Gasteiger partial charge in [0.25, 0.3) is 15.9 Å². The summed E-state index contributed by atoms with van der Waals surface area (Å²) in [6.45, 7) is 6.60. The zero-order chi connectivity index (χ0) is 19.5. The molecule has 0 aliphatic rings. The second-order valence-electron chi connectivity index (χ2n) is 5.71. The molecule has 0 aliphatic carbocycles. The average Bonchev–Trinajstić information content (AvgIpc) is 2.59. The number of aryl methyl sites for hydroxylation is 1. The second-order valence-corrected chi connectivity index (χ2v) is 8.65. The van der Waals surface area contributed by atoms with Crippen LogP contribution in [0.25, 0.3) is 0 Å². The molecule has 26 heavy (non-hydrogen) atoms. The number of halogens is 2. The van der Waals surface area contributed by atoms with Crippen LogP contribution in [0.4, 0.5) is 5.69 Å². The number of sulfonamides is 1. The van der Waals surface area contributed by atoms with Gasteiger partial charge in [-0.05, 0) is 72.6 Å². The first kappa shape index (κ1) is 20.7. The van der Waals surface area contributed by atoms with Crippen molar-refractivity contribution in [2.45, 2.75) is 25.7 Å². The number of nitrogens with zero attached hydrogens (tertiary/aromatic N) is 1. The van der Waals surface area contributed by atoms with Crippen LogP contribution in [0.3, 0.4) is 0 Å². The number of hydrogen-bond acceptors (Lipinski definition) is 3. The van der Waals surface area contributed by atoms with Crippen LogP contribution in [0.15, 0.2) is 45.8 Å². The topological polar surface area (TPSA) is 66.5 Å². The third kappa shape index (κ3) is 4.58. The lowest BCUT2D eigenvalue weighted by molar-refractivity contribution is 0.0773. The van der Waals surface area contributed by atoms with Gasteiger partial charge in [-0.2, -0.15) is 0 Å². The van der Waals surface area contributed by atoms with Gasteiger partial charge in [0, 0.05) is 17.6 Å². The number of anilines is 1. The summed E-state index contributed by atoms with van der Waals surface area (Å²) in [6.07, 6.45) is 0. The number of rotatable bonds is 6. The number of carbonyl (C=O) groups excluding carboxylic acids is 1. The smallest absolute Gasteiger partial charge is 0.261 e. The van der Waals surface area contributed by atoms with Crippen LogP contribution in [0.2, 0.25) is 5.02 Å². The molecule has 0 spiro atoms. The Morgan fingerprint density at radius 3 is 2.42 bits per heavy atom. The van der Waals surface area contributed by atoms with Gasteiger partial charge in [-0.25, -0.2) is 8.42 Å². The van der Waals surface area contributed by atoms with E-state index in [1.807, 2.05) is 26.8 Å². The van der Waals surface area contributed by atoms with E-state index in [9.17, 15) is 13.2 Å². The SMILES string of the molecule is CCN(CC)C(=O)c1cc(S(=O)(=O)Nc2cc(C)ccc2Br)ccc1Cl. The number of amides is 1. The fourth-order valence-electron chi connectivity index (χ4n) is 2.44. The molecule has 140 valence electrons. The molecule has 0 heterocycles. The van der Waals surface area contributed by atoms with E-state index in [2.05, 4.69) is 20.7 Å². The minimum absolute atomic E-state index is 0.0224. The van der Waals surface area contributed by atoms with Gasteiger partial charge in [0.05, 0.1) is 21.2 Å². The molecule has 0 unspecified atom stereocenters. The van der Waals surface area contributed by atoms with Crippen LogP contribution < -0.4 is 4.72 Å². The highest BCUT2D eigenvalue weighted by atomic mass is 79.9. The predicted molar refractivity (Wildman–Crippen MR) is 108 cm³/mol. The number of benzene rings is 2. The van der Waals surface area contributed by atoms with Crippen LogP contribution in [0.1, 0.15) is 29.8 Å². The molecule has 0 atom stereocenters. The van der Waals surface area contributed by atoms with Crippen molar-refractivity contribution in [2.75, 3.05) is 17.8 Å². The molecule has 1 amide bonds. The summed E-state index contributed by atoms with van der Waals surface area (Å²) >= 11 is 9.47. The summed E-state index contributed by atoms with van der Waals surface area (Å²) in [7, 11) is -3.87. The summed E-state index contributed by atoms with van der Waals surface area (Å²) in [5.74, 6) is -0.297. The Bertz CT molecular complexity index is 928. The molecular formula is C18H20BrClN2O3S. The third-order valence-corrected chi connectivity index (χ3v) is 6.28. The quantitative estimate of drug-likeness (QED) is 0.681. The Labute approximate surface area is 167 Å². The van der Waals surface area contributed by atoms with Gasteiger partial charge in [-0.3, -0.25) is 9.52 Å². The lowest BCUT2D eigenvalue weighted by atomic mass is 10.2. The van der Waals surface area contributed by atoms with Crippen molar-refractivity contribution in [1.82, 2.24) is 4.90 Å². The predicted octanol–water partition coefficient (Wildman–Crippen LogP) is 4.69. The van der Waals surface area contributed by atoms with Gasteiger partial charge in [0.1, 0.15) is 0 Å². The van der Waals surface area contributed by atoms with Crippen LogP contribution in [-0.2, 0) is 10.0 Å². The van der Waals surface area contributed by atoms with E-state index in [4.69, 9.17) is 11.6 Å². The highest BCUT2D eigenvalue weighted by Crippen LogP contribution is 2.28. The van der Waals surface area contributed by atoms with Crippen LogP contribution in [0, 0.1) is 6.92 Å². The molecule has 0 radical (unpaired) electrons. The van der Waals surface area contributed by atoms with Crippen LogP contribution in [0.5, 0.6) is 0 Å². The Balaban J connectivity index is 2.43. The molecule has 0 fully saturated rings. The maximum Gasteiger partial charge on any atom is 0.261 e. The molecule has 5 nitrogen and oxygen atoms in total. The van der Waals surface area contributed by atoms with Crippen molar-refractivity contribution in [3.8, 4) is 0 Å². The molecule has 2 aromatic rings. The molecule has 0 aliphatic heterocycles. The van der Waals surface area contributed by atoms with Crippen molar-refractivity contribution in [1.29, 1.82) is 0 Å². The number of nitrogens with one attached hydrogen (secondary N) is 1. The van der Waals surface area contributed by atoms with Gasteiger partial charge in [-0.1, -0.05) is 17.7 Å². The van der Waals surface area contributed by atoms with E-state index < -0.39 is 10.0 Å². The van der Waals surface area contributed by atoms with E-state index in [1.165, 1.54) is 18.2 Å². The van der Waals surface area contributed by atoms with Crippen molar-refractivity contribution >= 4 is 49.1 Å². The summed E-state index contributed by atoms with van der Waals surface area (Å²) in [6, 6.07) is 9.48. The van der Waals surface area contributed by atoms with Gasteiger partial charge in [-0.15, -0.1) is 0 Å². The Kier molecular flexibility index (Phi) is 6.71. The van der Waals surface area contributed by atoms with Crippen molar-refractivity contribution < 1.29 is 13.2 Å². The van der Waals surface area contributed by atoms with Crippen molar-refractivity contribution in [2.24, 2.45) is 0 Å². The fourth-order valence-corrected chi connectivity index (χ4v) is 4.21. The summed E-state index contributed by atoms with van der Waals surface area (Å²) in [5, 5.41) is 0.220. The second kappa shape index (κ2) is 8.41. The molecule has 8 heteroatoms. The zero-order valence-corrected chi connectivity index (χ0v) is 17.9. The zero-order valence-electron chi connectivity index (χ0n) is 14.7. The van der Waals surface area contributed by atoms with Gasteiger partial charge in [0.15, 0.2) is 0 Å². The molecule has 1 N–H and O–H groups in total. The molecule has 2 aromatic carbocycles. The fraction of sp³-hybridized carbons (Fsp3) is 0.278. The van der Waals surface area contributed by atoms with E-state index in [1.54, 1.807) is 17.0 Å². The van der Waals surface area contributed by atoms with Crippen LogP contribution >= 0.6 is 27.5 Å². The Morgan fingerprint density at radius 2 is 1.81 bits per heavy atom. The largest absolute Gasteiger partial charge is 0.339 e. The molecule has 2 rings (SSSR count). The number of carbonyl (C=O) groups is 1. The molecule has 0 saturated heterocycles. The average molecular weight is 460 g/mol. The molecular weight excluding hydrogens is 440 g/mol. The van der Waals surface area contributed by atoms with E-state index in [0.717, 1.165) is 5.56 Å². The summed E-state index contributed by atoms with van der Waals surface area (Å²) in [4.78, 5) is 14.1. The first-order valence-corrected chi connectivity index (χ1v) is 10.7. The maximum atomic E-state index is 12.8. The first-order chi connectivity index (χ1) is 12.2. The van der Waals surface area contributed by atoms with E-state index >= 15 is 0 Å². The van der Waals surface area contributed by atoms with Crippen molar-refractivity contribution in [3.63, 3.8) is 0 Å². The van der Waals surface area contributed by atoms with Gasteiger partial charge in [0.2, 0.25) is 0 Å². The minimum Gasteiger partial charge on any atom is -0.339 e. The normalized spacial score (nSPS) is 11.3. The molecule has 0 bridgehead atoms. The third-order valence-electron chi connectivity index (χ3n) is 3.90. The number of hydrogen-bond donors (Lipinski definition) is 1. The standard InChI is InChI=1S/C18H20BrClN2O3S/c1-4-22(5-2)18(23)14-11-13(7-9-16(14)20)26(24,25)21-17-10-12(3)6-8-15(17)19/h6-11,21H,4-5H2,1-3H3. The Morgan fingerprint density at radius 1 is 1.15 bits per heavy atom. The van der Waals surface area contributed by atoms with Crippen molar-refractivity contribution in [3.05, 3.63) is 57.0 Å². The lowest BCUT2D eigenvalue weighted by Crippen LogP contribution is -2.30. The van der Waals surface area contributed by atoms with E-state index in [-0.39, 0.29) is 21.4 Å². The van der Waals surface area contributed by atoms with Gasteiger partial charge >= 0.3 is 0 Å². The highest BCUT2D eigenvalue weighted by molar-refractivity contribution is 9.10. The maximum absolute atomic E-state index is 12.8. The Hall–Kier alpha value is -1.57. The van der Waals surface area contributed by atoms with Crippen LogP contribution in [-0.4, -0.2) is 32.3 Å². The summed E-state index contributed by atoms with van der Waals surface area (Å²) in [5.41, 5.74) is 1.51. The highest BCUT2D eigenvalue weighted by Gasteiger charge is 2.22. The lowest BCUT2D eigenvalue weighted by Gasteiger charge is -2.20. The molecule has 0 saturated carbocycles. The molecule has 0 aromatic heterocycles. The first-order valence-electron chi connectivity index (χ1n) is 8.07.